The zero-order valence-corrected chi connectivity index (χ0v) is 28.0. The summed E-state index contributed by atoms with van der Waals surface area (Å²) < 4.78 is 24.5. The van der Waals surface area contributed by atoms with Crippen molar-refractivity contribution in [3.63, 3.8) is 0 Å². The number of carbonyl (C=O) groups excluding carboxylic acids is 3. The minimum atomic E-state index is -0.661. The number of carbonyl (C=O) groups is 3. The summed E-state index contributed by atoms with van der Waals surface area (Å²) in [6, 6.07) is 33.8. The summed E-state index contributed by atoms with van der Waals surface area (Å²) in [5.41, 5.74) is 2.44. The molecule has 3 N–H and O–H groups in total. The van der Waals surface area contributed by atoms with Gasteiger partial charge in [0.2, 0.25) is 5.91 Å². The summed E-state index contributed by atoms with van der Waals surface area (Å²) in [7, 11) is 3.03. The Morgan fingerprint density at radius 1 is 0.776 bits per heavy atom. The smallest absolute Gasteiger partial charge is 0.272 e. The maximum absolute atomic E-state index is 13.7. The molecule has 0 heterocycles. The quantitative estimate of drug-likeness (QED) is 0.0895. The van der Waals surface area contributed by atoms with Crippen molar-refractivity contribution in [2.24, 2.45) is 0 Å². The van der Waals surface area contributed by atoms with Crippen LogP contribution < -0.4 is 25.4 Å². The Morgan fingerprint density at radius 3 is 2.10 bits per heavy atom. The monoisotopic (exact) mass is 695 g/mol. The standard InChI is InChI=1S/C38H31ClFN3O5S/c1-47-29-16-20-34(48-2)26(21-29)22-33(43-36(44)25-11-7-4-8-12-25)37(45)41-27-13-17-30(18-14-27)49-35(24-9-5-3-6-10-24)38(46)42-28-15-19-32(40)31(39)23-28/h3-23,35H,1-2H3,(H,41,45)(H,42,46)(H,43,44)/b33-22-. The topological polar surface area (TPSA) is 106 Å². The van der Waals surface area contributed by atoms with Crippen LogP contribution in [0.25, 0.3) is 6.08 Å². The molecule has 1 atom stereocenters. The summed E-state index contributed by atoms with van der Waals surface area (Å²) in [5, 5.41) is 7.62. The van der Waals surface area contributed by atoms with E-state index in [1.165, 1.54) is 50.3 Å². The van der Waals surface area contributed by atoms with E-state index in [4.69, 9.17) is 21.1 Å². The van der Waals surface area contributed by atoms with Crippen molar-refractivity contribution in [1.82, 2.24) is 5.32 Å². The molecule has 11 heteroatoms. The van der Waals surface area contributed by atoms with Crippen LogP contribution in [0.3, 0.4) is 0 Å². The molecule has 0 spiro atoms. The van der Waals surface area contributed by atoms with E-state index in [1.807, 2.05) is 30.3 Å². The Morgan fingerprint density at radius 2 is 1.45 bits per heavy atom. The number of hydrogen-bond donors (Lipinski definition) is 3. The largest absolute Gasteiger partial charge is 0.497 e. The lowest BCUT2D eigenvalue weighted by molar-refractivity contribution is -0.116. The average Bonchev–Trinajstić information content (AvgIpc) is 3.13. The lowest BCUT2D eigenvalue weighted by Gasteiger charge is -2.18. The molecule has 0 aliphatic carbocycles. The minimum Gasteiger partial charge on any atom is -0.497 e. The molecular weight excluding hydrogens is 665 g/mol. The van der Waals surface area contributed by atoms with Gasteiger partial charge in [0.15, 0.2) is 0 Å². The first-order valence-corrected chi connectivity index (χ1v) is 16.2. The second kappa shape index (κ2) is 16.5. The van der Waals surface area contributed by atoms with E-state index < -0.39 is 22.9 Å². The molecule has 0 radical (unpaired) electrons. The normalized spacial score (nSPS) is 11.6. The van der Waals surface area contributed by atoms with E-state index in [1.54, 1.807) is 72.8 Å². The number of benzene rings is 5. The maximum atomic E-state index is 13.7. The maximum Gasteiger partial charge on any atom is 0.272 e. The van der Waals surface area contributed by atoms with Gasteiger partial charge in [-0.05, 0) is 84.4 Å². The van der Waals surface area contributed by atoms with Gasteiger partial charge in [-0.1, -0.05) is 60.1 Å². The van der Waals surface area contributed by atoms with E-state index in [9.17, 15) is 18.8 Å². The van der Waals surface area contributed by atoms with Gasteiger partial charge in [-0.15, -0.1) is 11.8 Å². The van der Waals surface area contributed by atoms with Crippen molar-refractivity contribution >= 4 is 58.5 Å². The fourth-order valence-electron chi connectivity index (χ4n) is 4.68. The van der Waals surface area contributed by atoms with Crippen LogP contribution in [0.1, 0.15) is 26.7 Å². The van der Waals surface area contributed by atoms with Crippen molar-refractivity contribution < 1.29 is 28.2 Å². The third kappa shape index (κ3) is 9.28. The van der Waals surface area contributed by atoms with Crippen LogP contribution in [0.5, 0.6) is 11.5 Å². The number of rotatable bonds is 12. The summed E-state index contributed by atoms with van der Waals surface area (Å²) >= 11 is 7.22. The second-order valence-electron chi connectivity index (χ2n) is 10.5. The van der Waals surface area contributed by atoms with Gasteiger partial charge in [0.05, 0.1) is 19.2 Å². The predicted molar refractivity (Wildman–Crippen MR) is 192 cm³/mol. The molecule has 5 rings (SSSR count). The van der Waals surface area contributed by atoms with Gasteiger partial charge in [0, 0.05) is 27.4 Å². The van der Waals surface area contributed by atoms with Crippen LogP contribution in [-0.2, 0) is 9.59 Å². The van der Waals surface area contributed by atoms with Gasteiger partial charge >= 0.3 is 0 Å². The van der Waals surface area contributed by atoms with Gasteiger partial charge in [-0.2, -0.15) is 0 Å². The predicted octanol–water partition coefficient (Wildman–Crippen LogP) is 8.38. The SMILES string of the molecule is COc1ccc(OC)c(/C=C(\NC(=O)c2ccccc2)C(=O)Nc2ccc(SC(C(=O)Nc3ccc(F)c(Cl)c3)c3ccccc3)cc2)c1. The number of anilines is 2. The molecule has 8 nitrogen and oxygen atoms in total. The molecule has 0 aliphatic rings. The fraction of sp³-hybridized carbons (Fsp3) is 0.0789. The molecule has 248 valence electrons. The first-order valence-electron chi connectivity index (χ1n) is 14.9. The molecule has 49 heavy (non-hydrogen) atoms. The lowest BCUT2D eigenvalue weighted by atomic mass is 10.1. The fourth-order valence-corrected chi connectivity index (χ4v) is 5.89. The van der Waals surface area contributed by atoms with Crippen LogP contribution in [0, 0.1) is 5.82 Å². The number of halogens is 2. The highest BCUT2D eigenvalue weighted by atomic mass is 35.5. The summed E-state index contributed by atoms with van der Waals surface area (Å²) in [5.74, 6) is -0.938. The Labute approximate surface area is 292 Å². The number of methoxy groups -OCH3 is 2. The molecular formula is C38H31ClFN3O5S. The molecule has 5 aromatic carbocycles. The first-order chi connectivity index (χ1) is 23.7. The third-order valence-corrected chi connectivity index (χ3v) is 8.72. The van der Waals surface area contributed by atoms with Crippen molar-refractivity contribution in [2.45, 2.75) is 10.1 Å². The number of amides is 3. The molecule has 0 aromatic heterocycles. The van der Waals surface area contributed by atoms with Crippen LogP contribution in [-0.4, -0.2) is 31.9 Å². The van der Waals surface area contributed by atoms with Gasteiger partial charge in [-0.3, -0.25) is 14.4 Å². The van der Waals surface area contributed by atoms with Crippen LogP contribution >= 0.6 is 23.4 Å². The van der Waals surface area contributed by atoms with Crippen LogP contribution in [0.15, 0.2) is 132 Å². The molecule has 0 saturated carbocycles. The van der Waals surface area contributed by atoms with Crippen LogP contribution in [0.2, 0.25) is 5.02 Å². The molecule has 3 amide bonds. The lowest BCUT2D eigenvalue weighted by Crippen LogP contribution is -2.30. The van der Waals surface area contributed by atoms with E-state index in [2.05, 4.69) is 16.0 Å². The van der Waals surface area contributed by atoms with Crippen molar-refractivity contribution in [1.29, 1.82) is 0 Å². The van der Waals surface area contributed by atoms with Gasteiger partial charge in [-0.25, -0.2) is 4.39 Å². The minimum absolute atomic E-state index is 0.0273. The Balaban J connectivity index is 1.36. The first kappa shape index (κ1) is 34.7. The Kier molecular flexibility index (Phi) is 11.7. The van der Waals surface area contributed by atoms with Gasteiger partial charge < -0.3 is 25.4 Å². The molecule has 5 aromatic rings. The van der Waals surface area contributed by atoms with Gasteiger partial charge in [0.25, 0.3) is 11.8 Å². The number of hydrogen-bond acceptors (Lipinski definition) is 6. The van der Waals surface area contributed by atoms with E-state index in [-0.39, 0.29) is 16.6 Å². The summed E-state index contributed by atoms with van der Waals surface area (Å²) in [4.78, 5) is 40.9. The Bertz CT molecular complexity index is 1980. The van der Waals surface area contributed by atoms with Crippen molar-refractivity contribution in [3.8, 4) is 11.5 Å². The van der Waals surface area contributed by atoms with Crippen molar-refractivity contribution in [2.75, 3.05) is 24.9 Å². The molecule has 1 unspecified atom stereocenters. The number of thioether (sulfide) groups is 1. The molecule has 0 bridgehead atoms. The van der Waals surface area contributed by atoms with Gasteiger partial charge in [0.1, 0.15) is 28.3 Å². The highest BCUT2D eigenvalue weighted by molar-refractivity contribution is 8.00. The summed E-state index contributed by atoms with van der Waals surface area (Å²) in [6.07, 6.45) is 1.51. The highest BCUT2D eigenvalue weighted by Crippen LogP contribution is 2.37. The van der Waals surface area contributed by atoms with Crippen molar-refractivity contribution in [3.05, 3.63) is 155 Å². The molecule has 0 saturated heterocycles. The number of nitrogens with one attached hydrogen (secondary N) is 3. The molecule has 0 aliphatic heterocycles. The molecule has 0 fully saturated rings. The van der Waals surface area contributed by atoms with Crippen LogP contribution in [0.4, 0.5) is 15.8 Å². The van der Waals surface area contributed by atoms with E-state index in [0.717, 1.165) is 10.5 Å². The Hall–Kier alpha value is -5.58. The zero-order valence-electron chi connectivity index (χ0n) is 26.4. The van der Waals surface area contributed by atoms with E-state index >= 15 is 0 Å². The average molecular weight is 696 g/mol. The zero-order chi connectivity index (χ0) is 34.8. The summed E-state index contributed by atoms with van der Waals surface area (Å²) in [6.45, 7) is 0. The third-order valence-electron chi connectivity index (χ3n) is 7.16. The number of ether oxygens (including phenoxy) is 2. The highest BCUT2D eigenvalue weighted by Gasteiger charge is 2.23. The second-order valence-corrected chi connectivity index (χ2v) is 12.1. The van der Waals surface area contributed by atoms with E-state index in [0.29, 0.717) is 34.0 Å².